The molecular weight excluding hydrogens is 268 g/mol. The molecule has 78 valence electrons. The van der Waals surface area contributed by atoms with Crippen molar-refractivity contribution in [3.05, 3.63) is 33.0 Å². The fourth-order valence-electron chi connectivity index (χ4n) is 1.29. The van der Waals surface area contributed by atoms with Gasteiger partial charge in [-0.25, -0.2) is 4.39 Å². The molecule has 0 saturated carbocycles. The third-order valence-electron chi connectivity index (χ3n) is 2.06. The molecule has 1 atom stereocenters. The van der Waals surface area contributed by atoms with Crippen LogP contribution in [-0.2, 0) is 0 Å². The van der Waals surface area contributed by atoms with Gasteiger partial charge in [0.25, 0.3) is 0 Å². The lowest BCUT2D eigenvalue weighted by Crippen LogP contribution is -2.11. The van der Waals surface area contributed by atoms with Gasteiger partial charge in [0, 0.05) is 16.1 Å². The van der Waals surface area contributed by atoms with E-state index in [1.807, 2.05) is 6.92 Å². The van der Waals surface area contributed by atoms with Crippen LogP contribution in [0.1, 0.15) is 31.4 Å². The normalized spacial score (nSPS) is 12.9. The van der Waals surface area contributed by atoms with E-state index in [0.717, 1.165) is 12.8 Å². The maximum absolute atomic E-state index is 13.6. The molecule has 1 unspecified atom stereocenters. The van der Waals surface area contributed by atoms with Crippen molar-refractivity contribution < 1.29 is 4.39 Å². The summed E-state index contributed by atoms with van der Waals surface area (Å²) in [6.45, 7) is 2.01. The summed E-state index contributed by atoms with van der Waals surface area (Å²) in [7, 11) is 0. The molecule has 0 spiro atoms. The Morgan fingerprint density at radius 2 is 2.21 bits per heavy atom. The van der Waals surface area contributed by atoms with Crippen molar-refractivity contribution in [1.82, 2.24) is 0 Å². The first-order valence-electron chi connectivity index (χ1n) is 4.46. The predicted molar refractivity (Wildman–Crippen MR) is 60.9 cm³/mol. The van der Waals surface area contributed by atoms with E-state index in [4.69, 9.17) is 17.3 Å². The topological polar surface area (TPSA) is 26.0 Å². The van der Waals surface area contributed by atoms with Gasteiger partial charge in [0.1, 0.15) is 5.82 Å². The maximum atomic E-state index is 13.6. The number of nitrogens with two attached hydrogens (primary N) is 1. The standard InChI is InChI=1S/C10H12BrClFN/c1-2-3-8(14)6-4-5-7(11)9(12)10(6)13/h4-5,8H,2-3,14H2,1H3. The molecule has 1 nitrogen and oxygen atoms in total. The smallest absolute Gasteiger partial charge is 0.147 e. The molecule has 0 aliphatic carbocycles. The molecule has 1 aromatic rings. The molecule has 0 amide bonds. The summed E-state index contributed by atoms with van der Waals surface area (Å²) >= 11 is 8.91. The van der Waals surface area contributed by atoms with Crippen LogP contribution >= 0.6 is 27.5 Å². The SMILES string of the molecule is CCCC(N)c1ccc(Br)c(Cl)c1F. The lowest BCUT2D eigenvalue weighted by molar-refractivity contribution is 0.559. The van der Waals surface area contributed by atoms with Crippen LogP contribution in [0.25, 0.3) is 0 Å². The lowest BCUT2D eigenvalue weighted by atomic mass is 10.0. The monoisotopic (exact) mass is 279 g/mol. The molecule has 0 aliphatic rings. The van der Waals surface area contributed by atoms with Crippen molar-refractivity contribution in [2.24, 2.45) is 5.73 Å². The third kappa shape index (κ3) is 2.47. The molecule has 1 aromatic carbocycles. The summed E-state index contributed by atoms with van der Waals surface area (Å²) in [6, 6.07) is 3.12. The highest BCUT2D eigenvalue weighted by Crippen LogP contribution is 2.30. The molecular formula is C10H12BrClFN. The highest BCUT2D eigenvalue weighted by molar-refractivity contribution is 9.10. The van der Waals surface area contributed by atoms with Crippen LogP contribution in [0.2, 0.25) is 5.02 Å². The lowest BCUT2D eigenvalue weighted by Gasteiger charge is -2.13. The van der Waals surface area contributed by atoms with Crippen molar-refractivity contribution in [2.45, 2.75) is 25.8 Å². The van der Waals surface area contributed by atoms with E-state index < -0.39 is 5.82 Å². The molecule has 0 saturated heterocycles. The zero-order valence-corrected chi connectivity index (χ0v) is 10.2. The Morgan fingerprint density at radius 3 is 2.79 bits per heavy atom. The molecule has 0 bridgehead atoms. The predicted octanol–water partition coefficient (Wildman–Crippen LogP) is 4.04. The second kappa shape index (κ2) is 5.10. The van der Waals surface area contributed by atoms with Crippen molar-refractivity contribution in [3.63, 3.8) is 0 Å². The van der Waals surface area contributed by atoms with E-state index >= 15 is 0 Å². The zero-order chi connectivity index (χ0) is 10.7. The van der Waals surface area contributed by atoms with E-state index in [1.54, 1.807) is 12.1 Å². The van der Waals surface area contributed by atoms with Crippen LogP contribution in [0.3, 0.4) is 0 Å². The molecule has 14 heavy (non-hydrogen) atoms. The van der Waals surface area contributed by atoms with Gasteiger partial charge in [0.2, 0.25) is 0 Å². The number of halogens is 3. The van der Waals surface area contributed by atoms with E-state index in [9.17, 15) is 4.39 Å². The molecule has 0 radical (unpaired) electrons. The highest BCUT2D eigenvalue weighted by Gasteiger charge is 2.14. The Labute approximate surface area is 96.6 Å². The minimum atomic E-state index is -0.415. The van der Waals surface area contributed by atoms with Gasteiger partial charge < -0.3 is 5.73 Å². The maximum Gasteiger partial charge on any atom is 0.147 e. The van der Waals surface area contributed by atoms with E-state index in [0.29, 0.717) is 10.0 Å². The van der Waals surface area contributed by atoms with Crippen LogP contribution in [-0.4, -0.2) is 0 Å². The van der Waals surface area contributed by atoms with Crippen molar-refractivity contribution >= 4 is 27.5 Å². The molecule has 4 heteroatoms. The summed E-state index contributed by atoms with van der Waals surface area (Å²) < 4.78 is 14.2. The van der Waals surface area contributed by atoms with Crippen LogP contribution < -0.4 is 5.73 Å². The average Bonchev–Trinajstić information content (AvgIpc) is 2.15. The van der Waals surface area contributed by atoms with Crippen molar-refractivity contribution in [1.29, 1.82) is 0 Å². The highest BCUT2D eigenvalue weighted by atomic mass is 79.9. The quantitative estimate of drug-likeness (QED) is 0.831. The molecule has 2 N–H and O–H groups in total. The summed E-state index contributed by atoms with van der Waals surface area (Å²) in [5.74, 6) is -0.415. The zero-order valence-electron chi connectivity index (χ0n) is 7.86. The van der Waals surface area contributed by atoms with Crippen LogP contribution in [0.5, 0.6) is 0 Å². The van der Waals surface area contributed by atoms with Gasteiger partial charge >= 0.3 is 0 Å². The van der Waals surface area contributed by atoms with Gasteiger partial charge in [-0.1, -0.05) is 31.0 Å². The second-order valence-corrected chi connectivity index (χ2v) is 4.39. The van der Waals surface area contributed by atoms with Gasteiger partial charge in [-0.2, -0.15) is 0 Å². The van der Waals surface area contributed by atoms with Crippen molar-refractivity contribution in [3.8, 4) is 0 Å². The minimum absolute atomic E-state index is 0.106. The van der Waals surface area contributed by atoms with Gasteiger partial charge in [0.15, 0.2) is 0 Å². The minimum Gasteiger partial charge on any atom is -0.324 e. The van der Waals surface area contributed by atoms with E-state index in [-0.39, 0.29) is 11.1 Å². The fraction of sp³-hybridized carbons (Fsp3) is 0.400. The molecule has 1 rings (SSSR count). The Kier molecular flexibility index (Phi) is 4.35. The molecule has 0 heterocycles. The fourth-order valence-corrected chi connectivity index (χ4v) is 1.77. The van der Waals surface area contributed by atoms with E-state index in [2.05, 4.69) is 15.9 Å². The number of benzene rings is 1. The molecule has 0 fully saturated rings. The first-order valence-corrected chi connectivity index (χ1v) is 5.64. The first-order chi connectivity index (χ1) is 6.57. The molecule has 0 aromatic heterocycles. The largest absolute Gasteiger partial charge is 0.324 e. The van der Waals surface area contributed by atoms with Crippen LogP contribution in [0.4, 0.5) is 4.39 Å². The molecule has 0 aliphatic heterocycles. The third-order valence-corrected chi connectivity index (χ3v) is 3.32. The summed E-state index contributed by atoms with van der Waals surface area (Å²) in [5, 5.41) is 0.106. The van der Waals surface area contributed by atoms with Crippen molar-refractivity contribution in [2.75, 3.05) is 0 Å². The van der Waals surface area contributed by atoms with Gasteiger partial charge in [-0.3, -0.25) is 0 Å². The van der Waals surface area contributed by atoms with E-state index in [1.165, 1.54) is 0 Å². The van der Waals surface area contributed by atoms with Gasteiger partial charge in [0.05, 0.1) is 5.02 Å². The van der Waals surface area contributed by atoms with Gasteiger partial charge in [-0.05, 0) is 28.4 Å². The van der Waals surface area contributed by atoms with Crippen LogP contribution in [0, 0.1) is 5.82 Å². The first kappa shape index (κ1) is 12.0. The Bertz CT molecular complexity index is 330. The van der Waals surface area contributed by atoms with Crippen LogP contribution in [0.15, 0.2) is 16.6 Å². The Morgan fingerprint density at radius 1 is 1.57 bits per heavy atom. The average molecular weight is 281 g/mol. The summed E-state index contributed by atoms with van der Waals surface area (Å²) in [5.41, 5.74) is 6.30. The number of rotatable bonds is 3. The summed E-state index contributed by atoms with van der Waals surface area (Å²) in [6.07, 6.45) is 1.68. The Hall–Kier alpha value is -0.120. The second-order valence-electron chi connectivity index (χ2n) is 3.16. The Balaban J connectivity index is 3.04. The number of hydrogen-bond acceptors (Lipinski definition) is 1. The van der Waals surface area contributed by atoms with Gasteiger partial charge in [-0.15, -0.1) is 0 Å². The number of hydrogen-bond donors (Lipinski definition) is 1. The summed E-state index contributed by atoms with van der Waals surface area (Å²) in [4.78, 5) is 0.